The molecule has 0 aliphatic carbocycles. The van der Waals surface area contributed by atoms with Gasteiger partial charge in [-0.15, -0.1) is 0 Å². The Morgan fingerprint density at radius 2 is 0.818 bits per heavy atom. The van der Waals surface area contributed by atoms with Gasteiger partial charge in [0.15, 0.2) is 0 Å². The second-order valence-electron chi connectivity index (χ2n) is 30.8. The van der Waals surface area contributed by atoms with E-state index in [1.807, 2.05) is 31.2 Å². The predicted octanol–water partition coefficient (Wildman–Crippen LogP) is 11.4. The van der Waals surface area contributed by atoms with Gasteiger partial charge in [0.25, 0.3) is 34.4 Å². The van der Waals surface area contributed by atoms with Crippen LogP contribution in [0.4, 0.5) is 14.6 Å². The van der Waals surface area contributed by atoms with Gasteiger partial charge in [0.1, 0.15) is 63.7 Å². The molecule has 4 saturated heterocycles. The van der Waals surface area contributed by atoms with Crippen molar-refractivity contribution in [3.63, 3.8) is 0 Å². The summed E-state index contributed by atoms with van der Waals surface area (Å²) in [5.41, 5.74) is 4.23. The van der Waals surface area contributed by atoms with Crippen LogP contribution in [-0.2, 0) is 63.0 Å². The highest BCUT2D eigenvalue weighted by atomic mass is 79.9. The Morgan fingerprint density at radius 3 is 1.17 bits per heavy atom. The maximum atomic E-state index is 13.7. The number of rotatable bonds is 19. The number of halogens is 6. The molecule has 13 heterocycles. The number of aromatic nitrogens is 9. The highest BCUT2D eigenvalue weighted by molar-refractivity contribution is 9.10. The summed E-state index contributed by atoms with van der Waals surface area (Å²) in [6.45, 7) is 15.2. The molecule has 4 aliphatic heterocycles. The van der Waals surface area contributed by atoms with Gasteiger partial charge in [0, 0.05) is 151 Å². The summed E-state index contributed by atoms with van der Waals surface area (Å²) in [5.74, 6) is -1.39. The molecule has 0 saturated carbocycles. The van der Waals surface area contributed by atoms with Crippen molar-refractivity contribution in [2.45, 2.75) is 73.9 Å². The SMILES string of the molecule is CC1CN(C(=O)Cn2c(=O)c(C(=O)NCc3ccc(Cl)cc3)cc3cc(-c4cccc(F)n4)cnc32)C1.CC1CN(C(=O)Cn2c(=O)c(C(=O)NCc3ccc(Cl)cc3)cc3cc(B4OCC(C)(C)CO4)cnc32)C1.CNc1cccc(-c2cnc3c(c2)cc(C(=O)NCc2ccc(Cl)cc2)c(=O)n3CC(=O)N2CC(C)C2)n1.Fc1cccc(Br)n1. The Hall–Kier alpha value is -12.0. The fraction of sp³-hybridized carbons (Fsp3) is 0.276. The average molecular weight is 1760 g/mol. The average Bonchev–Trinajstić information content (AvgIpc) is 0.772. The van der Waals surface area contributed by atoms with E-state index < -0.39 is 53.4 Å². The molecule has 0 radical (unpaired) electrons. The number of fused-ring (bicyclic) bond motifs is 3. The van der Waals surface area contributed by atoms with Crippen molar-refractivity contribution in [3.05, 3.63) is 278 Å². The highest BCUT2D eigenvalue weighted by Gasteiger charge is 2.36. The zero-order chi connectivity index (χ0) is 85.9. The zero-order valence-electron chi connectivity index (χ0n) is 66.7. The number of carbonyl (C=O) groups is 6. The lowest BCUT2D eigenvalue weighted by molar-refractivity contribution is -0.138. The van der Waals surface area contributed by atoms with Crippen LogP contribution in [0.2, 0.25) is 15.1 Å². The molecular formula is C87H83BBrCl3F2N16O11. The minimum atomic E-state index is -0.640. The van der Waals surface area contributed by atoms with Gasteiger partial charge >= 0.3 is 7.12 Å². The summed E-state index contributed by atoms with van der Waals surface area (Å²) in [7, 11) is 1.18. The van der Waals surface area contributed by atoms with Crippen molar-refractivity contribution in [3.8, 4) is 22.5 Å². The topological polar surface area (TPSA) is 322 Å². The molecule has 6 amide bonds. The van der Waals surface area contributed by atoms with Crippen molar-refractivity contribution < 1.29 is 46.9 Å². The van der Waals surface area contributed by atoms with E-state index in [9.17, 15) is 51.9 Å². The van der Waals surface area contributed by atoms with Gasteiger partial charge in [-0.05, 0) is 160 Å². The van der Waals surface area contributed by atoms with Gasteiger partial charge < -0.3 is 45.3 Å². The molecule has 9 aromatic heterocycles. The van der Waals surface area contributed by atoms with Crippen molar-refractivity contribution in [2.75, 3.05) is 64.8 Å². The van der Waals surface area contributed by atoms with Crippen LogP contribution in [0.15, 0.2) is 201 Å². The number of carbonyl (C=O) groups excluding carboxylic acids is 6. The number of pyridine rings is 9. The molecule has 0 spiro atoms. The molecule has 16 rings (SSSR count). The third-order valence-electron chi connectivity index (χ3n) is 20.3. The van der Waals surface area contributed by atoms with Crippen molar-refractivity contribution in [1.82, 2.24) is 74.3 Å². The Labute approximate surface area is 717 Å². The number of benzene rings is 3. The Balaban J connectivity index is 0.000000149. The van der Waals surface area contributed by atoms with Gasteiger partial charge in [0.2, 0.25) is 29.6 Å². The van der Waals surface area contributed by atoms with Crippen LogP contribution >= 0.6 is 50.7 Å². The van der Waals surface area contributed by atoms with E-state index in [1.165, 1.54) is 56.3 Å². The summed E-state index contributed by atoms with van der Waals surface area (Å²) in [6, 6.07) is 45.4. The minimum absolute atomic E-state index is 0.0628. The molecule has 0 bridgehead atoms. The van der Waals surface area contributed by atoms with E-state index in [2.05, 4.69) is 94.8 Å². The van der Waals surface area contributed by atoms with Crippen LogP contribution in [0, 0.1) is 35.1 Å². The Kier molecular flexibility index (Phi) is 27.7. The van der Waals surface area contributed by atoms with E-state index in [-0.39, 0.29) is 84.7 Å². The van der Waals surface area contributed by atoms with Crippen LogP contribution in [0.5, 0.6) is 0 Å². The molecule has 121 heavy (non-hydrogen) atoms. The number of nitrogens with zero attached hydrogens (tertiary/aromatic N) is 12. The minimum Gasteiger partial charge on any atom is -0.407 e. The fourth-order valence-corrected chi connectivity index (χ4v) is 14.5. The zero-order valence-corrected chi connectivity index (χ0v) is 70.5. The molecule has 34 heteroatoms. The molecule has 4 aliphatic rings. The van der Waals surface area contributed by atoms with Gasteiger partial charge in [-0.1, -0.05) is 124 Å². The standard InChI is InChI=1S/C28H27ClN6O3.C27H30BClN4O5.C27H23ClFN5O3.C5H3BrFN/c1-17-14-34(15-17)25(36)16-35-26-19(10-20(13-31-26)23-4-3-5-24(30-2)33-23)11-22(28(35)38)27(37)32-12-18-6-8-21(29)9-7-18;1-17-12-32(13-17)23(34)14-33-24-19(8-20(11-30-24)28-37-15-27(2,3)16-38-28)9-22(26(33)36)25(35)31-10-18-4-6-21(29)7-5-18;1-16-13-33(14-16)24(35)15-34-25-18(9-19(12-30-25)22-3-2-4-23(29)32-22)10-21(27(34)37)26(36)31-11-17-5-7-20(28)8-6-17;6-4-2-1-3-5(7)8-4/h3-11,13,17H,12,14-16H2,1-2H3,(H,30,33)(H,32,37);4-9,11,17H,10,12-16H2,1-3H3,(H,31,35);2-10,12,16H,11,13-15H2,1H3,(H,31,36);1-3H. The first-order valence-corrected chi connectivity index (χ1v) is 40.7. The van der Waals surface area contributed by atoms with E-state index >= 15 is 0 Å². The summed E-state index contributed by atoms with van der Waals surface area (Å²) in [4.78, 5) is 149. The molecule has 4 fully saturated rings. The monoisotopic (exact) mass is 1760 g/mol. The van der Waals surface area contributed by atoms with E-state index in [1.54, 1.807) is 137 Å². The number of amides is 6. The third kappa shape index (κ3) is 21.8. The molecule has 0 atom stereocenters. The normalized spacial score (nSPS) is 14.3. The van der Waals surface area contributed by atoms with Crippen LogP contribution in [-0.4, -0.2) is 160 Å². The maximum Gasteiger partial charge on any atom is 0.495 e. The second-order valence-corrected chi connectivity index (χ2v) is 33.0. The summed E-state index contributed by atoms with van der Waals surface area (Å²) < 4.78 is 41.9. The smallest absolute Gasteiger partial charge is 0.407 e. The number of hydrogen-bond acceptors (Lipinski definition) is 18. The number of hydrogen-bond donors (Lipinski definition) is 4. The molecule has 0 unspecified atom stereocenters. The highest BCUT2D eigenvalue weighted by Crippen LogP contribution is 2.28. The lowest BCUT2D eigenvalue weighted by atomic mass is 9.76. The first-order chi connectivity index (χ1) is 58.0. The summed E-state index contributed by atoms with van der Waals surface area (Å²) in [5, 5.41) is 14.7. The Bertz CT molecular complexity index is 6090. The first kappa shape index (κ1) is 86.8. The molecule has 4 N–H and O–H groups in total. The number of anilines is 1. The van der Waals surface area contributed by atoms with Gasteiger partial charge in [-0.2, -0.15) is 8.78 Å². The largest absolute Gasteiger partial charge is 0.495 e. The van der Waals surface area contributed by atoms with Crippen LogP contribution in [0.3, 0.4) is 0 Å². The van der Waals surface area contributed by atoms with E-state index in [4.69, 9.17) is 44.1 Å². The quantitative estimate of drug-likeness (QED) is 0.0432. The van der Waals surface area contributed by atoms with Crippen LogP contribution < -0.4 is 43.4 Å². The molecule has 622 valence electrons. The van der Waals surface area contributed by atoms with Crippen molar-refractivity contribution >= 4 is 138 Å². The first-order valence-electron chi connectivity index (χ1n) is 38.8. The van der Waals surface area contributed by atoms with E-state index in [0.717, 1.165) is 22.3 Å². The fourth-order valence-electron chi connectivity index (χ4n) is 13.8. The van der Waals surface area contributed by atoms with Gasteiger partial charge in [-0.3, -0.25) is 56.9 Å². The van der Waals surface area contributed by atoms with Gasteiger partial charge in [0.05, 0.1) is 11.4 Å². The second kappa shape index (κ2) is 38.6. The lowest BCUT2D eigenvalue weighted by Crippen LogP contribution is -2.50. The number of likely N-dealkylation sites (tertiary alicyclic amines) is 3. The third-order valence-corrected chi connectivity index (χ3v) is 21.5. The van der Waals surface area contributed by atoms with Crippen LogP contribution in [0.25, 0.3) is 55.6 Å². The van der Waals surface area contributed by atoms with Crippen LogP contribution in [0.1, 0.15) is 82.4 Å². The lowest BCUT2D eigenvalue weighted by Gasteiger charge is -2.37. The molecule has 3 aromatic carbocycles. The number of nitrogens with one attached hydrogen (secondary N) is 4. The van der Waals surface area contributed by atoms with Crippen molar-refractivity contribution in [2.24, 2.45) is 23.2 Å². The Morgan fingerprint density at radius 1 is 0.471 bits per heavy atom. The van der Waals surface area contributed by atoms with Gasteiger partial charge in [-0.25, -0.2) is 29.9 Å². The summed E-state index contributed by atoms with van der Waals surface area (Å²) >= 11 is 20.8. The maximum absolute atomic E-state index is 13.7. The predicted molar refractivity (Wildman–Crippen MR) is 462 cm³/mol. The molecule has 12 aromatic rings. The molecule has 27 nitrogen and oxygen atoms in total. The van der Waals surface area contributed by atoms with Crippen molar-refractivity contribution in [1.29, 1.82) is 0 Å². The summed E-state index contributed by atoms with van der Waals surface area (Å²) in [6.07, 6.45) is 4.69. The molecular weight excluding hydrogens is 1680 g/mol. The van der Waals surface area contributed by atoms with E-state index in [0.29, 0.717) is 146 Å².